The van der Waals surface area contributed by atoms with Crippen LogP contribution in [0.4, 0.5) is 10.1 Å². The Morgan fingerprint density at radius 2 is 1.95 bits per heavy atom. The highest BCUT2D eigenvalue weighted by Gasteiger charge is 2.48. The molecule has 5 aromatic rings. The van der Waals surface area contributed by atoms with Crippen molar-refractivity contribution in [3.63, 3.8) is 0 Å². The van der Waals surface area contributed by atoms with Gasteiger partial charge in [-0.1, -0.05) is 11.3 Å². The number of thiazole rings is 1. The van der Waals surface area contributed by atoms with E-state index in [0.717, 1.165) is 15.2 Å². The minimum absolute atomic E-state index is 0.283. The molecule has 1 fully saturated rings. The van der Waals surface area contributed by atoms with Crippen molar-refractivity contribution in [2.45, 2.75) is 37.4 Å². The van der Waals surface area contributed by atoms with Crippen molar-refractivity contribution in [1.82, 2.24) is 34.7 Å². The molecule has 12 nitrogen and oxygen atoms in total. The van der Waals surface area contributed by atoms with E-state index >= 15 is 0 Å². The highest BCUT2D eigenvalue weighted by molar-refractivity contribution is 7.18. The van der Waals surface area contributed by atoms with Crippen molar-refractivity contribution in [1.29, 1.82) is 0 Å². The molecule has 0 spiro atoms. The summed E-state index contributed by atoms with van der Waals surface area (Å²) in [5.74, 6) is -0.139. The second-order valence-corrected chi connectivity index (χ2v) is 11.0. The first kappa shape index (κ1) is 26.4. The molecular formula is C26H27FN8O4S. The SMILES string of the molecule is Cc1nc2ccc(-n3ncnc3[C@@H]3O[C@H](CO)[C@H](O)[C@H](n4cc(-c5ccc(N(C)C)c(F)c5)nn4)[C@H]3O)cc2s1. The van der Waals surface area contributed by atoms with Crippen molar-refractivity contribution in [3.8, 4) is 16.9 Å². The molecule has 5 atom stereocenters. The molecule has 2 aromatic carbocycles. The smallest absolute Gasteiger partial charge is 0.163 e. The molecule has 4 heterocycles. The van der Waals surface area contributed by atoms with E-state index in [1.165, 1.54) is 23.3 Å². The minimum atomic E-state index is -1.35. The molecule has 3 aromatic heterocycles. The second-order valence-electron chi connectivity index (χ2n) is 9.81. The number of nitrogens with zero attached hydrogens (tertiary/aromatic N) is 8. The Morgan fingerprint density at radius 3 is 2.70 bits per heavy atom. The zero-order valence-corrected chi connectivity index (χ0v) is 22.6. The van der Waals surface area contributed by atoms with Crippen molar-refractivity contribution in [2.75, 3.05) is 25.6 Å². The summed E-state index contributed by atoms with van der Waals surface area (Å²) >= 11 is 1.55. The van der Waals surface area contributed by atoms with Gasteiger partial charge in [-0.15, -0.1) is 16.4 Å². The first-order valence-electron chi connectivity index (χ1n) is 12.5. The first-order valence-corrected chi connectivity index (χ1v) is 13.4. The zero-order chi connectivity index (χ0) is 28.1. The fourth-order valence-corrected chi connectivity index (χ4v) is 5.88. The van der Waals surface area contributed by atoms with Gasteiger partial charge in [0, 0.05) is 19.7 Å². The molecule has 6 rings (SSSR count). The van der Waals surface area contributed by atoms with Gasteiger partial charge in [0.25, 0.3) is 0 Å². The van der Waals surface area contributed by atoms with Gasteiger partial charge in [0.05, 0.1) is 39.4 Å². The van der Waals surface area contributed by atoms with E-state index in [-0.39, 0.29) is 5.82 Å². The maximum Gasteiger partial charge on any atom is 0.163 e. The summed E-state index contributed by atoms with van der Waals surface area (Å²) in [6.07, 6.45) is -1.94. The van der Waals surface area contributed by atoms with E-state index < -0.39 is 42.9 Å². The summed E-state index contributed by atoms with van der Waals surface area (Å²) in [4.78, 5) is 10.5. The second kappa shape index (κ2) is 10.3. The number of benzene rings is 2. The van der Waals surface area contributed by atoms with E-state index in [4.69, 9.17) is 4.74 Å². The molecular weight excluding hydrogens is 539 g/mol. The van der Waals surface area contributed by atoms with Crippen LogP contribution in [0.25, 0.3) is 27.2 Å². The van der Waals surface area contributed by atoms with Crippen molar-refractivity contribution < 1.29 is 24.4 Å². The summed E-state index contributed by atoms with van der Waals surface area (Å²) in [7, 11) is 3.49. The Bertz CT molecular complexity index is 1670. The highest BCUT2D eigenvalue weighted by Crippen LogP contribution is 2.38. The third-order valence-corrected chi connectivity index (χ3v) is 7.92. The summed E-state index contributed by atoms with van der Waals surface area (Å²) in [5.41, 5.74) is 2.81. The lowest BCUT2D eigenvalue weighted by Crippen LogP contribution is -2.53. The average molecular weight is 567 g/mol. The van der Waals surface area contributed by atoms with Crippen LogP contribution in [-0.4, -0.2) is 89.1 Å². The molecule has 0 aliphatic carbocycles. The number of ether oxygens (including phenoxy) is 1. The van der Waals surface area contributed by atoms with Gasteiger partial charge < -0.3 is 25.0 Å². The molecule has 0 bridgehead atoms. The number of rotatable bonds is 6. The molecule has 14 heteroatoms. The van der Waals surface area contributed by atoms with Crippen LogP contribution in [0.2, 0.25) is 0 Å². The van der Waals surface area contributed by atoms with Gasteiger partial charge in [-0.05, 0) is 37.3 Å². The Morgan fingerprint density at radius 1 is 1.12 bits per heavy atom. The van der Waals surface area contributed by atoms with Crippen molar-refractivity contribution in [2.24, 2.45) is 0 Å². The Hall–Kier alpha value is -3.82. The van der Waals surface area contributed by atoms with Gasteiger partial charge in [0.15, 0.2) is 5.82 Å². The van der Waals surface area contributed by atoms with E-state index in [9.17, 15) is 19.7 Å². The standard InChI is InChI=1S/C26H27FN8O4S/c1-13-30-17-6-5-15(9-21(17)40-13)35-26(28-12-29-35)25-24(38)22(23(37)20(11-36)39-25)34-10-18(31-32-34)14-4-7-19(33(2)3)16(27)8-14/h4-10,12,20,22-25,36-38H,11H2,1-3H3/t20-,22+,23+,24-,25-/m1/s1. The number of aromatic nitrogens is 7. The molecule has 0 unspecified atom stereocenters. The number of hydrogen-bond acceptors (Lipinski definition) is 11. The zero-order valence-electron chi connectivity index (χ0n) is 21.8. The molecule has 0 amide bonds. The number of aliphatic hydroxyl groups is 3. The quantitative estimate of drug-likeness (QED) is 0.279. The molecule has 1 aliphatic rings. The summed E-state index contributed by atoms with van der Waals surface area (Å²) in [5, 5.41) is 46.1. The largest absolute Gasteiger partial charge is 0.394 e. The molecule has 1 aliphatic heterocycles. The van der Waals surface area contributed by atoms with E-state index in [1.54, 1.807) is 47.1 Å². The first-order chi connectivity index (χ1) is 19.2. The van der Waals surface area contributed by atoms with Crippen LogP contribution in [0.5, 0.6) is 0 Å². The van der Waals surface area contributed by atoms with E-state index in [2.05, 4.69) is 25.4 Å². The van der Waals surface area contributed by atoms with Gasteiger partial charge >= 0.3 is 0 Å². The Kier molecular flexibility index (Phi) is 6.80. The number of halogens is 1. The molecule has 0 radical (unpaired) electrons. The number of anilines is 1. The van der Waals surface area contributed by atoms with Crippen LogP contribution >= 0.6 is 11.3 Å². The summed E-state index contributed by atoms with van der Waals surface area (Å²) in [6.45, 7) is 1.42. The van der Waals surface area contributed by atoms with Crippen molar-refractivity contribution >= 4 is 27.2 Å². The Balaban J connectivity index is 1.34. The molecule has 3 N–H and O–H groups in total. The average Bonchev–Trinajstić information content (AvgIpc) is 3.67. The van der Waals surface area contributed by atoms with Crippen LogP contribution in [0, 0.1) is 12.7 Å². The van der Waals surface area contributed by atoms with E-state index in [0.29, 0.717) is 22.6 Å². The molecule has 0 saturated carbocycles. The highest BCUT2D eigenvalue weighted by atomic mass is 32.1. The van der Waals surface area contributed by atoms with E-state index in [1.807, 2.05) is 25.1 Å². The lowest BCUT2D eigenvalue weighted by Gasteiger charge is -2.41. The van der Waals surface area contributed by atoms with Gasteiger partial charge in [0.1, 0.15) is 48.3 Å². The van der Waals surface area contributed by atoms with Crippen LogP contribution in [-0.2, 0) is 4.74 Å². The third kappa shape index (κ3) is 4.53. The van der Waals surface area contributed by atoms with Crippen LogP contribution in [0.3, 0.4) is 0 Å². The molecule has 208 valence electrons. The fourth-order valence-electron chi connectivity index (χ4n) is 5.02. The Labute approximate surface area is 231 Å². The summed E-state index contributed by atoms with van der Waals surface area (Å²) in [6, 6.07) is 9.29. The van der Waals surface area contributed by atoms with Gasteiger partial charge in [-0.25, -0.2) is 23.7 Å². The number of hydrogen-bond donors (Lipinski definition) is 3. The van der Waals surface area contributed by atoms with Crippen LogP contribution in [0.1, 0.15) is 23.0 Å². The minimum Gasteiger partial charge on any atom is -0.394 e. The van der Waals surface area contributed by atoms with Gasteiger partial charge in [-0.3, -0.25) is 0 Å². The van der Waals surface area contributed by atoms with Crippen molar-refractivity contribution in [3.05, 3.63) is 65.6 Å². The number of aryl methyl sites for hydroxylation is 1. The van der Waals surface area contributed by atoms with Gasteiger partial charge in [-0.2, -0.15) is 5.10 Å². The number of aliphatic hydroxyl groups excluding tert-OH is 3. The van der Waals surface area contributed by atoms with Crippen LogP contribution < -0.4 is 4.90 Å². The van der Waals surface area contributed by atoms with Gasteiger partial charge in [0.2, 0.25) is 0 Å². The monoisotopic (exact) mass is 566 g/mol. The topological polar surface area (TPSA) is 147 Å². The summed E-state index contributed by atoms with van der Waals surface area (Å²) < 4.78 is 24.4. The predicted octanol–water partition coefficient (Wildman–Crippen LogP) is 2.04. The molecule has 40 heavy (non-hydrogen) atoms. The lowest BCUT2D eigenvalue weighted by atomic mass is 9.92. The maximum atomic E-state index is 14.6. The maximum absolute atomic E-state index is 14.6. The normalized spacial score (nSPS) is 23.1. The number of fused-ring (bicyclic) bond motifs is 1. The van der Waals surface area contributed by atoms with Crippen LogP contribution in [0.15, 0.2) is 48.9 Å². The lowest BCUT2D eigenvalue weighted by molar-refractivity contribution is -0.210. The fraction of sp³-hybridized carbons (Fsp3) is 0.346. The molecule has 1 saturated heterocycles. The third-order valence-electron chi connectivity index (χ3n) is 6.99. The predicted molar refractivity (Wildman–Crippen MR) is 145 cm³/mol.